The molecule has 0 saturated carbocycles. The fourth-order valence-corrected chi connectivity index (χ4v) is 1.88. The van der Waals surface area contributed by atoms with Gasteiger partial charge in [0.15, 0.2) is 0 Å². The van der Waals surface area contributed by atoms with E-state index in [1.54, 1.807) is 13.8 Å². The van der Waals surface area contributed by atoms with Crippen LogP contribution in [0.1, 0.15) is 29.9 Å². The lowest BCUT2D eigenvalue weighted by molar-refractivity contribution is -0.137. The van der Waals surface area contributed by atoms with Gasteiger partial charge in [-0.2, -0.15) is 13.2 Å². The smallest absolute Gasteiger partial charge is 0.416 e. The monoisotopic (exact) mass is 285 g/mol. The maximum atomic E-state index is 12.5. The molecule has 0 aliphatic rings. The first-order chi connectivity index (χ1) is 9.32. The Hall–Kier alpha value is -1.82. The third-order valence-electron chi connectivity index (χ3n) is 3.03. The summed E-state index contributed by atoms with van der Waals surface area (Å²) in [5, 5.41) is 9.11. The molecule has 6 heteroatoms. The van der Waals surface area contributed by atoms with Crippen LogP contribution in [0.3, 0.4) is 0 Å². The maximum Gasteiger partial charge on any atom is 0.416 e. The number of hydrogen-bond donors (Lipinski definition) is 1. The fraction of sp³-hybridized carbons (Fsp3) is 0.357. The molecule has 2 rings (SSSR count). The lowest BCUT2D eigenvalue weighted by Gasteiger charge is -2.06. The zero-order valence-electron chi connectivity index (χ0n) is 11.0. The Kier molecular flexibility index (Phi) is 3.85. The molecule has 20 heavy (non-hydrogen) atoms. The van der Waals surface area contributed by atoms with Gasteiger partial charge in [-0.3, -0.25) is 0 Å². The van der Waals surface area contributed by atoms with Crippen molar-refractivity contribution in [1.82, 2.24) is 4.98 Å². The van der Waals surface area contributed by atoms with Gasteiger partial charge in [-0.25, -0.2) is 4.98 Å². The van der Waals surface area contributed by atoms with Crippen molar-refractivity contribution in [3.63, 3.8) is 0 Å². The number of alkyl halides is 3. The highest BCUT2D eigenvalue weighted by atomic mass is 19.4. The first-order valence-corrected chi connectivity index (χ1v) is 6.08. The largest absolute Gasteiger partial charge is 0.441 e. The molecule has 0 aliphatic carbocycles. The van der Waals surface area contributed by atoms with Gasteiger partial charge in [0.1, 0.15) is 5.76 Å². The van der Waals surface area contributed by atoms with E-state index in [1.807, 2.05) is 0 Å². The summed E-state index contributed by atoms with van der Waals surface area (Å²) >= 11 is 0. The molecule has 0 saturated heterocycles. The summed E-state index contributed by atoms with van der Waals surface area (Å²) < 4.78 is 42.9. The van der Waals surface area contributed by atoms with Crippen molar-refractivity contribution in [2.45, 2.75) is 25.9 Å². The number of aryl methyl sites for hydroxylation is 1. The average Bonchev–Trinajstić information content (AvgIpc) is 2.79. The van der Waals surface area contributed by atoms with E-state index in [-0.39, 0.29) is 18.4 Å². The van der Waals surface area contributed by atoms with Gasteiger partial charge < -0.3 is 9.52 Å². The molecule has 0 bridgehead atoms. The number of hydrogen-bond acceptors (Lipinski definition) is 3. The summed E-state index contributed by atoms with van der Waals surface area (Å²) in [6, 6.07) is 4.62. The first kappa shape index (κ1) is 14.6. The zero-order valence-corrected chi connectivity index (χ0v) is 11.0. The van der Waals surface area contributed by atoms with Crippen molar-refractivity contribution < 1.29 is 22.7 Å². The van der Waals surface area contributed by atoms with Crippen LogP contribution in [-0.2, 0) is 6.18 Å². The van der Waals surface area contributed by atoms with Gasteiger partial charge in [-0.15, -0.1) is 0 Å². The Labute approximate surface area is 114 Å². The van der Waals surface area contributed by atoms with Crippen LogP contribution >= 0.6 is 0 Å². The summed E-state index contributed by atoms with van der Waals surface area (Å²) in [5.41, 5.74) is 0.369. The van der Waals surface area contributed by atoms with E-state index in [1.165, 1.54) is 12.1 Å². The summed E-state index contributed by atoms with van der Waals surface area (Å²) in [7, 11) is 0. The van der Waals surface area contributed by atoms with Crippen molar-refractivity contribution >= 4 is 0 Å². The Bertz CT molecular complexity index is 587. The minimum Gasteiger partial charge on any atom is -0.441 e. The van der Waals surface area contributed by atoms with Gasteiger partial charge in [-0.1, -0.05) is 6.92 Å². The minimum absolute atomic E-state index is 0.0696. The van der Waals surface area contributed by atoms with Crippen LogP contribution in [0.15, 0.2) is 28.7 Å². The van der Waals surface area contributed by atoms with E-state index in [9.17, 15) is 13.2 Å². The molecule has 1 atom stereocenters. The summed E-state index contributed by atoms with van der Waals surface area (Å²) in [6.07, 6.45) is -4.36. The second-order valence-corrected chi connectivity index (χ2v) is 4.62. The molecule has 108 valence electrons. The molecule has 1 aromatic carbocycles. The van der Waals surface area contributed by atoms with Gasteiger partial charge in [0, 0.05) is 11.5 Å². The Morgan fingerprint density at radius 2 is 1.85 bits per heavy atom. The summed E-state index contributed by atoms with van der Waals surface area (Å²) in [5.74, 6) is 0.634. The number of halogens is 3. The number of benzene rings is 1. The molecular formula is C14H14F3NO2. The SMILES string of the molecule is Cc1oc(-c2ccc(C(F)(F)F)cc2)nc1[C@H](C)CO. The van der Waals surface area contributed by atoms with E-state index in [0.717, 1.165) is 12.1 Å². The molecule has 2 aromatic rings. The Morgan fingerprint density at radius 1 is 1.25 bits per heavy atom. The normalized spacial score (nSPS) is 13.5. The van der Waals surface area contributed by atoms with Crippen molar-refractivity contribution in [1.29, 1.82) is 0 Å². The molecule has 1 heterocycles. The highest BCUT2D eigenvalue weighted by molar-refractivity contribution is 5.54. The lowest BCUT2D eigenvalue weighted by Crippen LogP contribution is -2.04. The van der Waals surface area contributed by atoms with Gasteiger partial charge in [0.25, 0.3) is 0 Å². The van der Waals surface area contributed by atoms with Crippen LogP contribution < -0.4 is 0 Å². The predicted octanol–water partition coefficient (Wildman–Crippen LogP) is 3.76. The van der Waals surface area contributed by atoms with Gasteiger partial charge in [-0.05, 0) is 31.2 Å². The second kappa shape index (κ2) is 5.28. The Morgan fingerprint density at radius 3 is 2.35 bits per heavy atom. The zero-order chi connectivity index (χ0) is 14.9. The van der Waals surface area contributed by atoms with Crippen LogP contribution in [0.4, 0.5) is 13.2 Å². The molecule has 3 nitrogen and oxygen atoms in total. The van der Waals surface area contributed by atoms with E-state index in [2.05, 4.69) is 4.98 Å². The van der Waals surface area contributed by atoms with Crippen molar-refractivity contribution in [2.24, 2.45) is 0 Å². The fourth-order valence-electron chi connectivity index (χ4n) is 1.88. The van der Waals surface area contributed by atoms with Crippen molar-refractivity contribution in [2.75, 3.05) is 6.61 Å². The number of aliphatic hydroxyl groups is 1. The molecule has 1 N–H and O–H groups in total. The molecule has 1 aromatic heterocycles. The molecule has 0 amide bonds. The third-order valence-corrected chi connectivity index (χ3v) is 3.03. The van der Waals surface area contributed by atoms with E-state index in [4.69, 9.17) is 9.52 Å². The van der Waals surface area contributed by atoms with Crippen LogP contribution in [0.2, 0.25) is 0 Å². The lowest BCUT2D eigenvalue weighted by atomic mass is 10.1. The van der Waals surface area contributed by atoms with Gasteiger partial charge in [0.2, 0.25) is 5.89 Å². The van der Waals surface area contributed by atoms with Crippen molar-refractivity contribution in [3.05, 3.63) is 41.3 Å². The number of aromatic nitrogens is 1. The summed E-state index contributed by atoms with van der Waals surface area (Å²) in [4.78, 5) is 4.23. The highest BCUT2D eigenvalue weighted by Crippen LogP contribution is 2.31. The molecular weight excluding hydrogens is 271 g/mol. The van der Waals surface area contributed by atoms with Crippen LogP contribution in [0.5, 0.6) is 0 Å². The third kappa shape index (κ3) is 2.85. The molecule has 0 aliphatic heterocycles. The van der Waals surface area contributed by atoms with E-state index >= 15 is 0 Å². The second-order valence-electron chi connectivity index (χ2n) is 4.62. The predicted molar refractivity (Wildman–Crippen MR) is 67.2 cm³/mol. The molecule has 0 radical (unpaired) electrons. The quantitative estimate of drug-likeness (QED) is 0.933. The number of nitrogens with zero attached hydrogens (tertiary/aromatic N) is 1. The number of aliphatic hydroxyl groups excluding tert-OH is 1. The van der Waals surface area contributed by atoms with Crippen molar-refractivity contribution in [3.8, 4) is 11.5 Å². The number of rotatable bonds is 3. The van der Waals surface area contributed by atoms with Crippen LogP contribution in [-0.4, -0.2) is 16.7 Å². The van der Waals surface area contributed by atoms with E-state index < -0.39 is 11.7 Å². The topological polar surface area (TPSA) is 46.3 Å². The van der Waals surface area contributed by atoms with Crippen LogP contribution in [0, 0.1) is 6.92 Å². The standard InChI is InChI=1S/C14H14F3NO2/c1-8(7-19)12-9(2)20-13(18-12)10-3-5-11(6-4-10)14(15,16)17/h3-6,8,19H,7H2,1-2H3/t8-/m1/s1. The van der Waals surface area contributed by atoms with Crippen LogP contribution in [0.25, 0.3) is 11.5 Å². The summed E-state index contributed by atoms with van der Waals surface area (Å²) in [6.45, 7) is 3.43. The maximum absolute atomic E-state index is 12.5. The molecule has 0 spiro atoms. The van der Waals surface area contributed by atoms with Gasteiger partial charge in [0.05, 0.1) is 17.9 Å². The number of oxazole rings is 1. The minimum atomic E-state index is -4.36. The average molecular weight is 285 g/mol. The van der Waals surface area contributed by atoms with Gasteiger partial charge >= 0.3 is 6.18 Å². The first-order valence-electron chi connectivity index (χ1n) is 6.08. The molecule has 0 unspecified atom stereocenters. The Balaban J connectivity index is 2.33. The highest BCUT2D eigenvalue weighted by Gasteiger charge is 2.30. The molecule has 0 fully saturated rings. The van der Waals surface area contributed by atoms with E-state index in [0.29, 0.717) is 17.0 Å².